The van der Waals surface area contributed by atoms with E-state index in [4.69, 9.17) is 15.0 Å². The second kappa shape index (κ2) is 14.6. The molecule has 1 aliphatic carbocycles. The third kappa shape index (κ3) is 5.66. The van der Waals surface area contributed by atoms with Gasteiger partial charge in [-0.2, -0.15) is 0 Å². The molecule has 0 bridgehead atoms. The van der Waals surface area contributed by atoms with Crippen molar-refractivity contribution >= 4 is 33.4 Å². The third-order valence-electron chi connectivity index (χ3n) is 13.1. The van der Waals surface area contributed by atoms with Gasteiger partial charge in [-0.15, -0.1) is 0 Å². The molecule has 64 heavy (non-hydrogen) atoms. The summed E-state index contributed by atoms with van der Waals surface area (Å²) in [5, 5.41) is 3.46. The number of nitrogens with zero attached hydrogens (tertiary/aromatic N) is 3. The van der Waals surface area contributed by atoms with E-state index in [1.165, 1.54) is 54.1 Å². The quantitative estimate of drug-likeness (QED) is 0.162. The van der Waals surface area contributed by atoms with Crippen molar-refractivity contribution in [1.29, 1.82) is 0 Å². The van der Waals surface area contributed by atoms with Gasteiger partial charge in [0, 0.05) is 42.8 Å². The summed E-state index contributed by atoms with van der Waals surface area (Å²) in [6.07, 6.45) is 0. The number of pyridine rings is 1. The number of hydrogen-bond acceptors (Lipinski definition) is 4. The van der Waals surface area contributed by atoms with Gasteiger partial charge in [-0.1, -0.05) is 194 Å². The fraction of sp³-hybridized carbons (Fsp3) is 0.0167. The first-order valence-corrected chi connectivity index (χ1v) is 22.6. The van der Waals surface area contributed by atoms with E-state index in [0.29, 0.717) is 5.82 Å². The lowest BCUT2D eigenvalue weighted by molar-refractivity contribution is 0.724. The third-order valence-corrected chi connectivity index (χ3v) is 14.3. The largest absolute Gasteiger partial charge is 0.247 e. The Bertz CT molecular complexity index is 3610. The van der Waals surface area contributed by atoms with Crippen LogP contribution in [0.4, 0.5) is 0 Å². The van der Waals surface area contributed by atoms with Gasteiger partial charge in [0.15, 0.2) is 5.82 Å². The van der Waals surface area contributed by atoms with Crippen LogP contribution in [0.2, 0.25) is 0 Å². The molecule has 0 saturated carbocycles. The van der Waals surface area contributed by atoms with E-state index in [-0.39, 0.29) is 0 Å². The van der Waals surface area contributed by atoms with E-state index < -0.39 is 5.41 Å². The van der Waals surface area contributed by atoms with Crippen LogP contribution in [-0.4, -0.2) is 15.0 Å². The van der Waals surface area contributed by atoms with E-state index in [1.54, 1.807) is 0 Å². The molecule has 298 valence electrons. The molecule has 0 N–H and O–H groups in total. The van der Waals surface area contributed by atoms with Gasteiger partial charge in [0.1, 0.15) is 0 Å². The van der Waals surface area contributed by atoms with Gasteiger partial charge >= 0.3 is 0 Å². The summed E-state index contributed by atoms with van der Waals surface area (Å²) in [4.78, 5) is 18.4. The minimum Gasteiger partial charge on any atom is -0.247 e. The molecule has 4 heteroatoms. The smallest absolute Gasteiger partial charge is 0.160 e. The first kappa shape index (κ1) is 36.7. The molecular weight excluding hydrogens is 795 g/mol. The van der Waals surface area contributed by atoms with Crippen molar-refractivity contribution in [3.05, 3.63) is 247 Å². The van der Waals surface area contributed by atoms with Crippen LogP contribution in [0.1, 0.15) is 22.3 Å². The Morgan fingerprint density at radius 1 is 0.312 bits per heavy atom. The second-order valence-corrected chi connectivity index (χ2v) is 17.8. The Labute approximate surface area is 375 Å². The maximum atomic E-state index is 5.49. The summed E-state index contributed by atoms with van der Waals surface area (Å²) in [5.41, 5.74) is 17.5. The lowest BCUT2D eigenvalue weighted by Gasteiger charge is -2.40. The van der Waals surface area contributed by atoms with Crippen LogP contribution in [0.3, 0.4) is 0 Å². The summed E-state index contributed by atoms with van der Waals surface area (Å²) >= 11 is 1.87. The van der Waals surface area contributed by atoms with Crippen molar-refractivity contribution in [3.63, 3.8) is 0 Å². The Kier molecular flexibility index (Phi) is 8.37. The number of rotatable bonds is 5. The average molecular weight is 832 g/mol. The molecule has 11 aromatic rings. The van der Waals surface area contributed by atoms with E-state index in [9.17, 15) is 0 Å². The van der Waals surface area contributed by atoms with Crippen LogP contribution in [0, 0.1) is 0 Å². The van der Waals surface area contributed by atoms with Crippen molar-refractivity contribution in [3.8, 4) is 67.4 Å². The molecule has 0 radical (unpaired) electrons. The molecule has 0 amide bonds. The lowest BCUT2D eigenvalue weighted by Crippen LogP contribution is -2.32. The van der Waals surface area contributed by atoms with Crippen LogP contribution < -0.4 is 0 Å². The Morgan fingerprint density at radius 2 is 0.859 bits per heavy atom. The highest BCUT2D eigenvalue weighted by atomic mass is 32.2. The van der Waals surface area contributed by atoms with Crippen molar-refractivity contribution < 1.29 is 0 Å². The summed E-state index contributed by atoms with van der Waals surface area (Å²) in [5.74, 6) is 0.686. The molecule has 0 saturated heterocycles. The van der Waals surface area contributed by atoms with E-state index in [2.05, 4.69) is 206 Å². The average Bonchev–Trinajstić information content (AvgIpc) is 3.66. The lowest BCUT2D eigenvalue weighted by atomic mass is 9.67. The van der Waals surface area contributed by atoms with Crippen LogP contribution in [0.5, 0.6) is 0 Å². The summed E-state index contributed by atoms with van der Waals surface area (Å²) in [7, 11) is 0. The van der Waals surface area contributed by atoms with Crippen molar-refractivity contribution in [1.82, 2.24) is 15.0 Å². The molecule has 3 nitrogen and oxygen atoms in total. The van der Waals surface area contributed by atoms with Gasteiger partial charge in [0.25, 0.3) is 0 Å². The Morgan fingerprint density at radius 3 is 1.58 bits per heavy atom. The molecular formula is C60H37N3S. The Balaban J connectivity index is 1.02. The zero-order valence-corrected chi connectivity index (χ0v) is 35.4. The normalized spacial score (nSPS) is 13.1. The highest BCUT2D eigenvalue weighted by molar-refractivity contribution is 7.99. The van der Waals surface area contributed by atoms with Crippen molar-refractivity contribution in [2.24, 2.45) is 0 Å². The zero-order valence-electron chi connectivity index (χ0n) is 34.6. The van der Waals surface area contributed by atoms with Gasteiger partial charge in [0.05, 0.1) is 28.0 Å². The van der Waals surface area contributed by atoms with Crippen LogP contribution >= 0.6 is 11.8 Å². The standard InChI is InChI=1S/C60H37N3S/c1-3-17-38(18-4-1)40-21-15-22-41(33-40)54-37-55(63-59(62-54)39-19-5-2-6-20-39)42-23-16-24-43(34-42)58-48-36-57-52(35-47(48)46-27-9-13-31-53(46)61-58)60(51-30-12-14-32-56(51)64-57)49-28-10-7-25-44(49)45-26-8-11-29-50(45)60/h1-37H. The fourth-order valence-electron chi connectivity index (χ4n) is 10.3. The minimum atomic E-state index is -0.467. The van der Waals surface area contributed by atoms with Gasteiger partial charge in [-0.25, -0.2) is 15.0 Å². The predicted octanol–water partition coefficient (Wildman–Crippen LogP) is 15.3. The minimum absolute atomic E-state index is 0.467. The number of benzene rings is 9. The van der Waals surface area contributed by atoms with E-state index in [1.807, 2.05) is 30.0 Å². The highest BCUT2D eigenvalue weighted by Gasteiger charge is 2.50. The molecule has 0 fully saturated rings. The number of fused-ring (bicyclic) bond motifs is 12. The summed E-state index contributed by atoms with van der Waals surface area (Å²) in [6.45, 7) is 0. The number of aromatic nitrogens is 3. The maximum absolute atomic E-state index is 5.49. The van der Waals surface area contributed by atoms with Crippen LogP contribution in [0.25, 0.3) is 89.1 Å². The monoisotopic (exact) mass is 831 g/mol. The van der Waals surface area contributed by atoms with E-state index in [0.717, 1.165) is 61.2 Å². The molecule has 1 aliphatic heterocycles. The van der Waals surface area contributed by atoms with Crippen molar-refractivity contribution in [2.75, 3.05) is 0 Å². The van der Waals surface area contributed by atoms with E-state index >= 15 is 0 Å². The van der Waals surface area contributed by atoms with Crippen LogP contribution in [-0.2, 0) is 5.41 Å². The predicted molar refractivity (Wildman–Crippen MR) is 263 cm³/mol. The summed E-state index contributed by atoms with van der Waals surface area (Å²) < 4.78 is 0. The molecule has 13 rings (SSSR count). The second-order valence-electron chi connectivity index (χ2n) is 16.7. The first-order chi connectivity index (χ1) is 31.7. The van der Waals surface area contributed by atoms with Gasteiger partial charge in [-0.3, -0.25) is 0 Å². The fourth-order valence-corrected chi connectivity index (χ4v) is 11.5. The number of para-hydroxylation sites is 1. The topological polar surface area (TPSA) is 38.7 Å². The molecule has 3 heterocycles. The first-order valence-electron chi connectivity index (χ1n) is 21.8. The molecule has 1 spiro atoms. The van der Waals surface area contributed by atoms with Crippen LogP contribution in [0.15, 0.2) is 234 Å². The molecule has 9 aromatic carbocycles. The molecule has 0 unspecified atom stereocenters. The SMILES string of the molecule is c1ccc(-c2cccc(-c3cc(-c4cccc(-c5nc6ccccc6c6cc7c(cc56)Sc5ccccc5C75c6ccccc6-c6ccccc65)c4)nc(-c4ccccc4)n3)c2)cc1. The molecule has 2 aromatic heterocycles. The van der Waals surface area contributed by atoms with Gasteiger partial charge < -0.3 is 0 Å². The van der Waals surface area contributed by atoms with Gasteiger partial charge in [-0.05, 0) is 92.4 Å². The Hall–Kier alpha value is -7.92. The molecule has 0 atom stereocenters. The van der Waals surface area contributed by atoms with Crippen molar-refractivity contribution in [2.45, 2.75) is 15.2 Å². The zero-order chi connectivity index (χ0) is 42.2. The van der Waals surface area contributed by atoms with Gasteiger partial charge in [0.2, 0.25) is 0 Å². The summed E-state index contributed by atoms with van der Waals surface area (Å²) in [6, 6.07) is 80.8. The maximum Gasteiger partial charge on any atom is 0.160 e. The molecule has 2 aliphatic rings. The highest BCUT2D eigenvalue weighted by Crippen LogP contribution is 2.62. The number of hydrogen-bond donors (Lipinski definition) is 0.